The highest BCUT2D eigenvalue weighted by molar-refractivity contribution is 5.52. The summed E-state index contributed by atoms with van der Waals surface area (Å²) in [6.45, 7) is 3.04. The molecule has 1 saturated heterocycles. The number of likely N-dealkylation sites (N-methyl/N-ethyl adjacent to an activating group) is 2. The van der Waals surface area contributed by atoms with E-state index < -0.39 is 0 Å². The normalized spacial score (nSPS) is 19.2. The van der Waals surface area contributed by atoms with E-state index in [2.05, 4.69) is 23.9 Å². The maximum Gasteiger partial charge on any atom is 0.200 e. The topological polar surface area (TPSA) is 45.2 Å². The molecule has 1 N–H and O–H groups in total. The third kappa shape index (κ3) is 3.80. The Morgan fingerprint density at radius 1 is 1.29 bits per heavy atom. The highest BCUT2D eigenvalue weighted by Crippen LogP contribution is 2.37. The Hall–Kier alpha value is -1.46. The summed E-state index contributed by atoms with van der Waals surface area (Å²) in [4.78, 5) is 4.73. The number of likely N-dealkylation sites (tertiary alicyclic amines) is 1. The molecule has 1 aromatic carbocycles. The molecule has 0 amide bonds. The van der Waals surface area contributed by atoms with Crippen molar-refractivity contribution in [3.63, 3.8) is 0 Å². The number of ether oxygens (including phenoxy) is 2. The quantitative estimate of drug-likeness (QED) is 0.868. The lowest BCUT2D eigenvalue weighted by atomic mass is 10.1. The van der Waals surface area contributed by atoms with Crippen molar-refractivity contribution in [1.82, 2.24) is 9.80 Å². The number of hydrogen-bond donors (Lipinski definition) is 1. The SMILES string of the molecule is COc1cc(CN(C)CC2CCCN2C)cc(OC)c1O. The minimum Gasteiger partial charge on any atom is -0.502 e. The molecule has 2 rings (SSSR count). The summed E-state index contributed by atoms with van der Waals surface area (Å²) in [5.41, 5.74) is 1.07. The van der Waals surface area contributed by atoms with Crippen molar-refractivity contribution >= 4 is 0 Å². The summed E-state index contributed by atoms with van der Waals surface area (Å²) in [6, 6.07) is 4.37. The Bertz CT molecular complexity index is 454. The first-order chi connectivity index (χ1) is 10.0. The molecule has 118 valence electrons. The van der Waals surface area contributed by atoms with E-state index in [1.54, 1.807) is 14.2 Å². The predicted octanol–water partition coefficient (Wildman–Crippen LogP) is 1.94. The molecule has 1 aliphatic heterocycles. The number of hydrogen-bond acceptors (Lipinski definition) is 5. The number of aromatic hydroxyl groups is 1. The Morgan fingerprint density at radius 2 is 1.90 bits per heavy atom. The third-order valence-corrected chi connectivity index (χ3v) is 4.19. The summed E-state index contributed by atoms with van der Waals surface area (Å²) in [6.07, 6.45) is 2.55. The number of rotatable bonds is 6. The molecule has 1 heterocycles. The van der Waals surface area contributed by atoms with E-state index >= 15 is 0 Å². The number of benzene rings is 1. The van der Waals surface area contributed by atoms with E-state index in [4.69, 9.17) is 9.47 Å². The van der Waals surface area contributed by atoms with Gasteiger partial charge >= 0.3 is 0 Å². The minimum atomic E-state index is 0.0573. The van der Waals surface area contributed by atoms with Gasteiger partial charge in [-0.1, -0.05) is 0 Å². The van der Waals surface area contributed by atoms with Gasteiger partial charge in [-0.05, 0) is 51.2 Å². The smallest absolute Gasteiger partial charge is 0.200 e. The molecular weight excluding hydrogens is 268 g/mol. The maximum atomic E-state index is 9.94. The second kappa shape index (κ2) is 7.00. The first-order valence-corrected chi connectivity index (χ1v) is 7.37. The van der Waals surface area contributed by atoms with Gasteiger partial charge in [-0.2, -0.15) is 0 Å². The Kier molecular flexibility index (Phi) is 5.31. The van der Waals surface area contributed by atoms with Crippen LogP contribution < -0.4 is 9.47 Å². The zero-order valence-electron chi connectivity index (χ0n) is 13.4. The predicted molar refractivity (Wildman–Crippen MR) is 83.2 cm³/mol. The lowest BCUT2D eigenvalue weighted by molar-refractivity contribution is 0.215. The monoisotopic (exact) mass is 294 g/mol. The first-order valence-electron chi connectivity index (χ1n) is 7.37. The summed E-state index contributed by atoms with van der Waals surface area (Å²) >= 11 is 0. The number of phenols is 1. The van der Waals surface area contributed by atoms with E-state index in [0.717, 1.165) is 18.7 Å². The van der Waals surface area contributed by atoms with Crippen LogP contribution in [0.25, 0.3) is 0 Å². The van der Waals surface area contributed by atoms with Crippen LogP contribution in [-0.4, -0.2) is 62.4 Å². The largest absolute Gasteiger partial charge is 0.502 e. The molecule has 0 aromatic heterocycles. The Balaban J connectivity index is 2.04. The molecule has 5 nitrogen and oxygen atoms in total. The van der Waals surface area contributed by atoms with Crippen molar-refractivity contribution in [2.24, 2.45) is 0 Å². The Labute approximate surface area is 127 Å². The van der Waals surface area contributed by atoms with Crippen LogP contribution in [0.5, 0.6) is 17.2 Å². The third-order valence-electron chi connectivity index (χ3n) is 4.19. The van der Waals surface area contributed by atoms with E-state index in [9.17, 15) is 5.11 Å². The second-order valence-electron chi connectivity index (χ2n) is 5.82. The molecule has 0 aliphatic carbocycles. The van der Waals surface area contributed by atoms with Crippen molar-refractivity contribution in [3.05, 3.63) is 17.7 Å². The average molecular weight is 294 g/mol. The molecule has 5 heteroatoms. The van der Waals surface area contributed by atoms with Gasteiger partial charge in [0.1, 0.15) is 0 Å². The summed E-state index contributed by atoms with van der Waals surface area (Å²) < 4.78 is 10.4. The fraction of sp³-hybridized carbons (Fsp3) is 0.625. The van der Waals surface area contributed by atoms with E-state index in [1.807, 2.05) is 12.1 Å². The summed E-state index contributed by atoms with van der Waals surface area (Å²) in [7, 11) is 7.42. The molecule has 1 fully saturated rings. The number of nitrogens with zero attached hydrogens (tertiary/aromatic N) is 2. The fourth-order valence-corrected chi connectivity index (χ4v) is 2.99. The van der Waals surface area contributed by atoms with Gasteiger partial charge in [0.05, 0.1) is 14.2 Å². The van der Waals surface area contributed by atoms with Crippen molar-refractivity contribution in [2.45, 2.75) is 25.4 Å². The lowest BCUT2D eigenvalue weighted by Crippen LogP contribution is -2.36. The van der Waals surface area contributed by atoms with Crippen molar-refractivity contribution in [3.8, 4) is 17.2 Å². The molecule has 0 bridgehead atoms. The molecule has 0 spiro atoms. The molecule has 1 aromatic rings. The first kappa shape index (κ1) is 15.9. The van der Waals surface area contributed by atoms with Crippen molar-refractivity contribution in [2.75, 3.05) is 41.4 Å². The van der Waals surface area contributed by atoms with Crippen LogP contribution >= 0.6 is 0 Å². The van der Waals surface area contributed by atoms with Crippen LogP contribution in [-0.2, 0) is 6.54 Å². The van der Waals surface area contributed by atoms with Gasteiger partial charge in [0.2, 0.25) is 5.75 Å². The summed E-state index contributed by atoms with van der Waals surface area (Å²) in [5, 5.41) is 9.94. The Morgan fingerprint density at radius 3 is 2.38 bits per heavy atom. The van der Waals surface area contributed by atoms with Gasteiger partial charge in [-0.25, -0.2) is 0 Å². The molecular formula is C16H26N2O3. The number of phenolic OH excluding ortho intramolecular Hbond substituents is 1. The molecule has 1 atom stereocenters. The van der Waals surface area contributed by atoms with Crippen LogP contribution in [0.15, 0.2) is 12.1 Å². The second-order valence-corrected chi connectivity index (χ2v) is 5.82. The molecule has 1 unspecified atom stereocenters. The van der Waals surface area contributed by atoms with Gasteiger partial charge in [-0.3, -0.25) is 0 Å². The lowest BCUT2D eigenvalue weighted by Gasteiger charge is -2.26. The zero-order valence-corrected chi connectivity index (χ0v) is 13.4. The standard InChI is InChI=1S/C16H26N2O3/c1-17(11-13-6-5-7-18(13)2)10-12-8-14(20-3)16(19)15(9-12)21-4/h8-9,13,19H,5-7,10-11H2,1-4H3. The highest BCUT2D eigenvalue weighted by Gasteiger charge is 2.22. The summed E-state index contributed by atoms with van der Waals surface area (Å²) in [5.74, 6) is 0.966. The van der Waals surface area contributed by atoms with Gasteiger partial charge in [0, 0.05) is 19.1 Å². The van der Waals surface area contributed by atoms with Gasteiger partial charge in [0.15, 0.2) is 11.5 Å². The van der Waals surface area contributed by atoms with E-state index in [1.165, 1.54) is 19.4 Å². The maximum absolute atomic E-state index is 9.94. The van der Waals surface area contributed by atoms with E-state index in [-0.39, 0.29) is 5.75 Å². The van der Waals surface area contributed by atoms with Crippen LogP contribution in [0.3, 0.4) is 0 Å². The zero-order chi connectivity index (χ0) is 15.4. The fourth-order valence-electron chi connectivity index (χ4n) is 2.99. The average Bonchev–Trinajstić information content (AvgIpc) is 2.85. The molecule has 1 aliphatic rings. The van der Waals surface area contributed by atoms with Crippen LogP contribution in [0.4, 0.5) is 0 Å². The van der Waals surface area contributed by atoms with Crippen LogP contribution in [0.2, 0.25) is 0 Å². The van der Waals surface area contributed by atoms with E-state index in [0.29, 0.717) is 17.5 Å². The minimum absolute atomic E-state index is 0.0573. The molecule has 21 heavy (non-hydrogen) atoms. The van der Waals surface area contributed by atoms with Gasteiger partial charge in [-0.15, -0.1) is 0 Å². The number of methoxy groups -OCH3 is 2. The van der Waals surface area contributed by atoms with Crippen LogP contribution in [0, 0.1) is 0 Å². The van der Waals surface area contributed by atoms with Gasteiger partial charge < -0.3 is 24.4 Å². The van der Waals surface area contributed by atoms with Crippen LogP contribution in [0.1, 0.15) is 18.4 Å². The van der Waals surface area contributed by atoms with Crippen molar-refractivity contribution in [1.29, 1.82) is 0 Å². The van der Waals surface area contributed by atoms with Gasteiger partial charge in [0.25, 0.3) is 0 Å². The molecule has 0 saturated carbocycles. The highest BCUT2D eigenvalue weighted by atomic mass is 16.5. The van der Waals surface area contributed by atoms with Crippen molar-refractivity contribution < 1.29 is 14.6 Å². The molecule has 0 radical (unpaired) electrons.